The van der Waals surface area contributed by atoms with Crippen molar-refractivity contribution in [1.82, 2.24) is 5.32 Å². The highest BCUT2D eigenvalue weighted by Gasteiger charge is 2.53. The first kappa shape index (κ1) is 13.6. The Morgan fingerprint density at radius 2 is 2.11 bits per heavy atom. The van der Waals surface area contributed by atoms with Crippen LogP contribution in [0.5, 0.6) is 0 Å². The molecule has 0 spiro atoms. The lowest BCUT2D eigenvalue weighted by Gasteiger charge is -2.31. The highest BCUT2D eigenvalue weighted by Crippen LogP contribution is 2.60. The van der Waals surface area contributed by atoms with Crippen molar-refractivity contribution in [2.45, 2.75) is 32.6 Å². The topological polar surface area (TPSA) is 12.0 Å². The van der Waals surface area contributed by atoms with E-state index in [1.165, 1.54) is 19.3 Å². The second-order valence-corrected chi connectivity index (χ2v) is 7.27. The molecular formula is C16H21BrFN. The lowest BCUT2D eigenvalue weighted by atomic mass is 9.77. The zero-order chi connectivity index (χ0) is 13.5. The van der Waals surface area contributed by atoms with E-state index in [1.54, 1.807) is 12.1 Å². The molecule has 1 aromatic carbocycles. The van der Waals surface area contributed by atoms with Gasteiger partial charge in [-0.25, -0.2) is 4.39 Å². The van der Waals surface area contributed by atoms with Gasteiger partial charge in [-0.1, -0.05) is 22.9 Å². The van der Waals surface area contributed by atoms with E-state index in [0.29, 0.717) is 0 Å². The van der Waals surface area contributed by atoms with Gasteiger partial charge in [-0.05, 0) is 73.2 Å². The normalized spacial score (nSPS) is 32.4. The third kappa shape index (κ3) is 2.87. The summed E-state index contributed by atoms with van der Waals surface area (Å²) in [5, 5.41) is 3.49. The molecule has 1 aromatic rings. The summed E-state index contributed by atoms with van der Waals surface area (Å²) in [4.78, 5) is 0. The maximum Gasteiger partial charge on any atom is 0.126 e. The number of hydrogen-bond donors (Lipinski definition) is 1. The van der Waals surface area contributed by atoms with Gasteiger partial charge in [0.05, 0.1) is 0 Å². The van der Waals surface area contributed by atoms with Crippen molar-refractivity contribution in [3.8, 4) is 0 Å². The minimum atomic E-state index is -0.0559. The summed E-state index contributed by atoms with van der Waals surface area (Å²) in [5.74, 6) is 1.79. The molecule has 2 aliphatic rings. The Bertz CT molecular complexity index is 464. The molecule has 0 aliphatic heterocycles. The van der Waals surface area contributed by atoms with Gasteiger partial charge >= 0.3 is 0 Å². The Hall–Kier alpha value is -0.410. The van der Waals surface area contributed by atoms with E-state index in [4.69, 9.17) is 0 Å². The fourth-order valence-corrected chi connectivity index (χ4v) is 4.24. The van der Waals surface area contributed by atoms with Gasteiger partial charge in [0.1, 0.15) is 5.82 Å². The Balaban J connectivity index is 1.79. The van der Waals surface area contributed by atoms with Crippen LogP contribution in [0.15, 0.2) is 22.7 Å². The summed E-state index contributed by atoms with van der Waals surface area (Å²) in [7, 11) is 0. The average molecular weight is 326 g/mol. The van der Waals surface area contributed by atoms with Crippen LogP contribution in [0.4, 0.5) is 4.39 Å². The Labute approximate surface area is 123 Å². The quantitative estimate of drug-likeness (QED) is 0.857. The molecule has 0 aromatic heterocycles. The van der Waals surface area contributed by atoms with Crippen molar-refractivity contribution >= 4 is 15.9 Å². The van der Waals surface area contributed by atoms with Crippen molar-refractivity contribution in [2.75, 3.05) is 13.1 Å². The predicted octanol–water partition coefficient (Wildman–Crippen LogP) is 4.16. The summed E-state index contributed by atoms with van der Waals surface area (Å²) in [6.45, 7) is 4.17. The zero-order valence-corrected chi connectivity index (χ0v) is 13.0. The molecule has 19 heavy (non-hydrogen) atoms. The fraction of sp³-hybridized carbons (Fsp3) is 0.625. The summed E-state index contributed by atoms with van der Waals surface area (Å²) < 4.78 is 15.0. The van der Waals surface area contributed by atoms with Crippen LogP contribution in [0, 0.1) is 23.1 Å². The van der Waals surface area contributed by atoms with Crippen LogP contribution in [-0.4, -0.2) is 13.1 Å². The molecule has 1 N–H and O–H groups in total. The van der Waals surface area contributed by atoms with E-state index >= 15 is 0 Å². The molecule has 2 saturated carbocycles. The van der Waals surface area contributed by atoms with Gasteiger partial charge in [-0.2, -0.15) is 0 Å². The monoisotopic (exact) mass is 325 g/mol. The lowest BCUT2D eigenvalue weighted by Crippen LogP contribution is -2.35. The van der Waals surface area contributed by atoms with Crippen LogP contribution in [0.2, 0.25) is 0 Å². The molecule has 0 radical (unpaired) electrons. The Kier molecular flexibility index (Phi) is 3.69. The highest BCUT2D eigenvalue weighted by atomic mass is 79.9. The average Bonchev–Trinajstić information content (AvgIpc) is 3.00. The van der Waals surface area contributed by atoms with Gasteiger partial charge in [-0.3, -0.25) is 0 Å². The van der Waals surface area contributed by atoms with Crippen molar-refractivity contribution in [2.24, 2.45) is 17.3 Å². The molecule has 0 bridgehead atoms. The van der Waals surface area contributed by atoms with E-state index in [1.807, 2.05) is 6.07 Å². The first-order valence-electron chi connectivity index (χ1n) is 7.26. The van der Waals surface area contributed by atoms with Crippen molar-refractivity contribution < 1.29 is 4.39 Å². The summed E-state index contributed by atoms with van der Waals surface area (Å²) in [6.07, 6.45) is 4.83. The van der Waals surface area contributed by atoms with Gasteiger partial charge in [0.2, 0.25) is 0 Å². The van der Waals surface area contributed by atoms with E-state index in [-0.39, 0.29) is 11.2 Å². The third-order valence-electron chi connectivity index (χ3n) is 4.78. The van der Waals surface area contributed by atoms with Crippen LogP contribution in [0.1, 0.15) is 31.7 Å². The minimum Gasteiger partial charge on any atom is -0.316 e. The molecule has 3 heteroatoms. The molecule has 1 nitrogen and oxygen atoms in total. The molecular weight excluding hydrogens is 305 g/mol. The standard InChI is InChI=1S/C16H21BrFN/c1-2-19-10-16(7-11-5-12(11)8-16)9-13-6-14(17)3-4-15(13)18/h3-4,6,11-12,19H,2,5,7-10H2,1H3. The van der Waals surface area contributed by atoms with Crippen molar-refractivity contribution in [3.63, 3.8) is 0 Å². The van der Waals surface area contributed by atoms with Gasteiger partial charge in [0, 0.05) is 11.0 Å². The third-order valence-corrected chi connectivity index (χ3v) is 5.28. The smallest absolute Gasteiger partial charge is 0.126 e. The molecule has 3 rings (SSSR count). The Morgan fingerprint density at radius 1 is 1.37 bits per heavy atom. The fourth-order valence-electron chi connectivity index (χ4n) is 3.83. The number of benzene rings is 1. The SMILES string of the molecule is CCNCC1(Cc2cc(Br)ccc2F)CC2CC2C1. The number of hydrogen-bond acceptors (Lipinski definition) is 1. The van der Waals surface area contributed by atoms with Gasteiger partial charge in [0.15, 0.2) is 0 Å². The van der Waals surface area contributed by atoms with Gasteiger partial charge < -0.3 is 5.32 Å². The summed E-state index contributed by atoms with van der Waals surface area (Å²) in [6, 6.07) is 5.31. The van der Waals surface area contributed by atoms with Crippen LogP contribution in [-0.2, 0) is 6.42 Å². The minimum absolute atomic E-state index is 0.0559. The second-order valence-electron chi connectivity index (χ2n) is 6.36. The first-order chi connectivity index (χ1) is 9.12. The van der Waals surface area contributed by atoms with Crippen LogP contribution < -0.4 is 5.32 Å². The van der Waals surface area contributed by atoms with E-state index in [9.17, 15) is 4.39 Å². The number of fused-ring (bicyclic) bond motifs is 1. The Morgan fingerprint density at radius 3 is 2.79 bits per heavy atom. The largest absolute Gasteiger partial charge is 0.316 e. The van der Waals surface area contributed by atoms with Gasteiger partial charge in [0.25, 0.3) is 0 Å². The lowest BCUT2D eigenvalue weighted by molar-refractivity contribution is 0.247. The summed E-state index contributed by atoms with van der Waals surface area (Å²) in [5.41, 5.74) is 1.15. The molecule has 2 unspecified atom stereocenters. The highest BCUT2D eigenvalue weighted by molar-refractivity contribution is 9.10. The van der Waals surface area contributed by atoms with Crippen LogP contribution in [0.25, 0.3) is 0 Å². The number of nitrogens with one attached hydrogen (secondary N) is 1. The number of rotatable bonds is 5. The molecule has 0 saturated heterocycles. The van der Waals surface area contributed by atoms with E-state index in [2.05, 4.69) is 28.2 Å². The van der Waals surface area contributed by atoms with Gasteiger partial charge in [-0.15, -0.1) is 0 Å². The maximum atomic E-state index is 14.0. The first-order valence-corrected chi connectivity index (χ1v) is 8.06. The molecule has 2 aliphatic carbocycles. The molecule has 104 valence electrons. The molecule has 0 heterocycles. The van der Waals surface area contributed by atoms with Crippen LogP contribution in [0.3, 0.4) is 0 Å². The maximum absolute atomic E-state index is 14.0. The van der Waals surface area contributed by atoms with Crippen LogP contribution >= 0.6 is 15.9 Å². The van der Waals surface area contributed by atoms with Crippen molar-refractivity contribution in [1.29, 1.82) is 0 Å². The molecule has 0 amide bonds. The van der Waals surface area contributed by atoms with Crippen molar-refractivity contribution in [3.05, 3.63) is 34.1 Å². The zero-order valence-electron chi connectivity index (χ0n) is 11.4. The summed E-state index contributed by atoms with van der Waals surface area (Å²) >= 11 is 3.45. The van der Waals surface area contributed by atoms with E-state index in [0.717, 1.165) is 41.4 Å². The second kappa shape index (κ2) is 5.17. The molecule has 2 fully saturated rings. The number of halogens is 2. The van der Waals surface area contributed by atoms with E-state index < -0.39 is 0 Å². The molecule has 2 atom stereocenters. The predicted molar refractivity (Wildman–Crippen MR) is 79.6 cm³/mol.